The molecule has 5 nitrogen and oxygen atoms in total. The first kappa shape index (κ1) is 24.1. The van der Waals surface area contributed by atoms with Crippen molar-refractivity contribution in [1.29, 1.82) is 0 Å². The molecule has 4 aromatic carbocycles. The molecule has 0 radical (unpaired) electrons. The second-order valence-electron chi connectivity index (χ2n) is 7.86. The highest BCUT2D eigenvalue weighted by Gasteiger charge is 2.22. The van der Waals surface area contributed by atoms with Gasteiger partial charge in [-0.15, -0.1) is 11.8 Å². The summed E-state index contributed by atoms with van der Waals surface area (Å²) in [6.07, 6.45) is 0.317. The standard InChI is InChI=1S/C29H26N2O3S/c1-34-25-14-8-13-24(20-25)31-29(33)28(22-11-6-3-7-12-22)35-26-17-15-23(16-18-26)30-27(32)19-21-9-4-2-5-10-21/h2-18,20,28H,19H2,1H3,(H,30,32)(H,31,33). The van der Waals surface area contributed by atoms with Gasteiger partial charge in [0.25, 0.3) is 0 Å². The van der Waals surface area contributed by atoms with E-state index >= 15 is 0 Å². The van der Waals surface area contributed by atoms with Gasteiger partial charge in [0.1, 0.15) is 11.0 Å². The van der Waals surface area contributed by atoms with E-state index in [0.717, 1.165) is 16.0 Å². The van der Waals surface area contributed by atoms with Crippen molar-refractivity contribution in [3.8, 4) is 5.75 Å². The Labute approximate surface area is 209 Å². The minimum absolute atomic E-state index is 0.0727. The normalized spacial score (nSPS) is 11.3. The van der Waals surface area contributed by atoms with Crippen molar-refractivity contribution < 1.29 is 14.3 Å². The van der Waals surface area contributed by atoms with Crippen LogP contribution in [0.15, 0.2) is 114 Å². The van der Waals surface area contributed by atoms with E-state index in [1.165, 1.54) is 11.8 Å². The quantitative estimate of drug-likeness (QED) is 0.273. The molecule has 0 heterocycles. The lowest BCUT2D eigenvalue weighted by Crippen LogP contribution is -2.19. The summed E-state index contributed by atoms with van der Waals surface area (Å²) in [7, 11) is 1.59. The summed E-state index contributed by atoms with van der Waals surface area (Å²) < 4.78 is 5.26. The largest absolute Gasteiger partial charge is 0.497 e. The maximum Gasteiger partial charge on any atom is 0.242 e. The predicted molar refractivity (Wildman–Crippen MR) is 142 cm³/mol. The van der Waals surface area contributed by atoms with Crippen LogP contribution < -0.4 is 15.4 Å². The van der Waals surface area contributed by atoms with E-state index in [0.29, 0.717) is 23.5 Å². The van der Waals surface area contributed by atoms with Gasteiger partial charge in [-0.05, 0) is 47.5 Å². The molecule has 0 fully saturated rings. The number of nitrogens with one attached hydrogen (secondary N) is 2. The van der Waals surface area contributed by atoms with Gasteiger partial charge in [-0.2, -0.15) is 0 Å². The van der Waals surface area contributed by atoms with Gasteiger partial charge in [-0.25, -0.2) is 0 Å². The fourth-order valence-corrected chi connectivity index (χ4v) is 4.57. The van der Waals surface area contributed by atoms with Crippen molar-refractivity contribution in [3.63, 3.8) is 0 Å². The average Bonchev–Trinajstić information content (AvgIpc) is 2.89. The molecule has 0 aromatic heterocycles. The third kappa shape index (κ3) is 6.98. The molecule has 0 spiro atoms. The predicted octanol–water partition coefficient (Wildman–Crippen LogP) is 6.35. The first-order chi connectivity index (χ1) is 17.1. The second kappa shape index (κ2) is 11.9. The molecule has 35 heavy (non-hydrogen) atoms. The number of carbonyl (C=O) groups excluding carboxylic acids is 2. The number of benzene rings is 4. The minimum atomic E-state index is -0.457. The van der Waals surface area contributed by atoms with Gasteiger partial charge in [0.05, 0.1) is 13.5 Å². The van der Waals surface area contributed by atoms with Gasteiger partial charge in [0, 0.05) is 22.3 Å². The van der Waals surface area contributed by atoms with Gasteiger partial charge in [0.15, 0.2) is 0 Å². The van der Waals surface area contributed by atoms with E-state index in [-0.39, 0.29) is 11.8 Å². The molecule has 4 aromatic rings. The summed E-state index contributed by atoms with van der Waals surface area (Å²) in [5, 5.41) is 5.47. The molecule has 0 aliphatic rings. The van der Waals surface area contributed by atoms with Crippen molar-refractivity contribution >= 4 is 35.0 Å². The lowest BCUT2D eigenvalue weighted by atomic mass is 10.1. The van der Waals surface area contributed by atoms with Gasteiger partial charge in [-0.1, -0.05) is 66.7 Å². The van der Waals surface area contributed by atoms with Crippen LogP contribution in [-0.2, 0) is 16.0 Å². The maximum atomic E-state index is 13.3. The molecule has 0 saturated carbocycles. The van der Waals surface area contributed by atoms with E-state index in [2.05, 4.69) is 10.6 Å². The molecule has 0 aliphatic heterocycles. The number of ether oxygens (including phenoxy) is 1. The molecule has 176 valence electrons. The summed E-state index contributed by atoms with van der Waals surface area (Å²) >= 11 is 1.45. The summed E-state index contributed by atoms with van der Waals surface area (Å²) in [4.78, 5) is 26.6. The minimum Gasteiger partial charge on any atom is -0.497 e. The fourth-order valence-electron chi connectivity index (χ4n) is 3.55. The highest BCUT2D eigenvalue weighted by Crippen LogP contribution is 2.37. The Morgan fingerprint density at radius 3 is 2.14 bits per heavy atom. The molecule has 0 bridgehead atoms. The van der Waals surface area contributed by atoms with E-state index in [4.69, 9.17) is 4.74 Å². The van der Waals surface area contributed by atoms with Crippen molar-refractivity contribution in [1.82, 2.24) is 0 Å². The van der Waals surface area contributed by atoms with E-state index in [1.807, 2.05) is 103 Å². The molecule has 0 aliphatic carbocycles. The van der Waals surface area contributed by atoms with E-state index < -0.39 is 5.25 Å². The van der Waals surface area contributed by atoms with E-state index in [9.17, 15) is 9.59 Å². The van der Waals surface area contributed by atoms with Gasteiger partial charge >= 0.3 is 0 Å². The smallest absolute Gasteiger partial charge is 0.242 e. The number of methoxy groups -OCH3 is 1. The Bertz CT molecular complexity index is 1260. The van der Waals surface area contributed by atoms with Crippen LogP contribution in [0, 0.1) is 0 Å². The lowest BCUT2D eigenvalue weighted by Gasteiger charge is -2.18. The fraction of sp³-hybridized carbons (Fsp3) is 0.103. The first-order valence-electron chi connectivity index (χ1n) is 11.2. The molecular formula is C29H26N2O3S. The van der Waals surface area contributed by atoms with Crippen LogP contribution in [0.2, 0.25) is 0 Å². The van der Waals surface area contributed by atoms with Crippen LogP contribution in [0.25, 0.3) is 0 Å². The third-order valence-electron chi connectivity index (χ3n) is 5.28. The molecule has 2 amide bonds. The van der Waals surface area contributed by atoms with E-state index in [1.54, 1.807) is 13.2 Å². The molecule has 1 unspecified atom stereocenters. The molecule has 4 rings (SSSR count). The third-order valence-corrected chi connectivity index (χ3v) is 6.54. The highest BCUT2D eigenvalue weighted by molar-refractivity contribution is 8.00. The van der Waals surface area contributed by atoms with Crippen molar-refractivity contribution in [2.24, 2.45) is 0 Å². The first-order valence-corrected chi connectivity index (χ1v) is 12.1. The summed E-state index contributed by atoms with van der Waals surface area (Å²) in [6, 6.07) is 34.1. The molecule has 2 N–H and O–H groups in total. The zero-order chi connectivity index (χ0) is 24.5. The number of hydrogen-bond acceptors (Lipinski definition) is 4. The van der Waals surface area contributed by atoms with Gasteiger partial charge in [-0.3, -0.25) is 9.59 Å². The number of rotatable bonds is 9. The summed E-state index contributed by atoms with van der Waals surface area (Å²) in [6.45, 7) is 0. The number of carbonyl (C=O) groups is 2. The van der Waals surface area contributed by atoms with Crippen LogP contribution in [0.4, 0.5) is 11.4 Å². The monoisotopic (exact) mass is 482 g/mol. The zero-order valence-corrected chi connectivity index (χ0v) is 20.1. The number of amides is 2. The number of hydrogen-bond donors (Lipinski definition) is 2. The van der Waals surface area contributed by atoms with Crippen LogP contribution in [0.5, 0.6) is 5.75 Å². The molecule has 0 saturated heterocycles. The van der Waals surface area contributed by atoms with Gasteiger partial charge in [0.2, 0.25) is 11.8 Å². The topological polar surface area (TPSA) is 67.4 Å². The van der Waals surface area contributed by atoms with Crippen molar-refractivity contribution in [2.75, 3.05) is 17.7 Å². The summed E-state index contributed by atoms with van der Waals surface area (Å²) in [5.74, 6) is 0.475. The Hall–Kier alpha value is -4.03. The number of thioether (sulfide) groups is 1. The Morgan fingerprint density at radius 1 is 0.771 bits per heavy atom. The SMILES string of the molecule is COc1cccc(NC(=O)C(Sc2ccc(NC(=O)Cc3ccccc3)cc2)c2ccccc2)c1. The van der Waals surface area contributed by atoms with Crippen LogP contribution in [0.3, 0.4) is 0 Å². The van der Waals surface area contributed by atoms with Gasteiger partial charge < -0.3 is 15.4 Å². The zero-order valence-electron chi connectivity index (χ0n) is 19.3. The van der Waals surface area contributed by atoms with Crippen LogP contribution >= 0.6 is 11.8 Å². The Kier molecular flexibility index (Phi) is 8.20. The molecule has 1 atom stereocenters. The van der Waals surface area contributed by atoms with Crippen molar-refractivity contribution in [3.05, 3.63) is 120 Å². The number of anilines is 2. The average molecular weight is 483 g/mol. The molecule has 6 heteroatoms. The summed E-state index contributed by atoms with van der Waals surface area (Å²) in [5.41, 5.74) is 3.25. The molecular weight excluding hydrogens is 456 g/mol. The second-order valence-corrected chi connectivity index (χ2v) is 9.04. The van der Waals surface area contributed by atoms with Crippen LogP contribution in [-0.4, -0.2) is 18.9 Å². The van der Waals surface area contributed by atoms with Crippen molar-refractivity contribution in [2.45, 2.75) is 16.6 Å². The van der Waals surface area contributed by atoms with Crippen LogP contribution in [0.1, 0.15) is 16.4 Å². The highest BCUT2D eigenvalue weighted by atomic mass is 32.2. The lowest BCUT2D eigenvalue weighted by molar-refractivity contribution is -0.116. The Balaban J connectivity index is 1.45. The maximum absolute atomic E-state index is 13.3. The Morgan fingerprint density at radius 2 is 1.46 bits per heavy atom.